The number of carboxylic acid groups (broad SMARTS) is 1. The van der Waals surface area contributed by atoms with Crippen LogP contribution in [0.5, 0.6) is 5.75 Å². The molecule has 1 unspecified atom stereocenters. The van der Waals surface area contributed by atoms with Crippen LogP contribution in [0.2, 0.25) is 0 Å². The minimum atomic E-state index is -0.808. The lowest BCUT2D eigenvalue weighted by Gasteiger charge is -2.45. The van der Waals surface area contributed by atoms with Gasteiger partial charge in [0.05, 0.1) is 12.0 Å². The summed E-state index contributed by atoms with van der Waals surface area (Å²) >= 11 is 0. The second-order valence-corrected chi connectivity index (χ2v) is 5.44. The second-order valence-electron chi connectivity index (χ2n) is 5.44. The first-order valence-electron chi connectivity index (χ1n) is 6.08. The van der Waals surface area contributed by atoms with Gasteiger partial charge in [-0.25, -0.2) is 0 Å². The molecule has 2 rings (SSSR count). The van der Waals surface area contributed by atoms with E-state index in [1.807, 2.05) is 38.1 Å². The molecule has 4 nitrogen and oxygen atoms in total. The Kier molecular flexibility index (Phi) is 3.07. The zero-order valence-electron chi connectivity index (χ0n) is 11.0. The Bertz CT molecular complexity index is 470. The Morgan fingerprint density at radius 3 is 2.72 bits per heavy atom. The lowest BCUT2D eigenvalue weighted by atomic mass is 9.75. The van der Waals surface area contributed by atoms with Gasteiger partial charge in [-0.2, -0.15) is 0 Å². The Morgan fingerprint density at radius 2 is 2.11 bits per heavy atom. The minimum Gasteiger partial charge on any atom is -0.487 e. The number of rotatable bonds is 3. The van der Waals surface area contributed by atoms with Gasteiger partial charge in [-0.3, -0.25) is 4.79 Å². The third-order valence-corrected chi connectivity index (χ3v) is 3.45. The SMILES string of the molecule is CNC1(CC(=O)O)CC(C)(C)Oc2ccccc21. The molecule has 0 aliphatic carbocycles. The largest absolute Gasteiger partial charge is 0.487 e. The van der Waals surface area contributed by atoms with Crippen molar-refractivity contribution in [3.05, 3.63) is 29.8 Å². The van der Waals surface area contributed by atoms with Gasteiger partial charge < -0.3 is 15.2 Å². The Morgan fingerprint density at radius 1 is 1.44 bits per heavy atom. The predicted molar refractivity (Wildman–Crippen MR) is 68.8 cm³/mol. The summed E-state index contributed by atoms with van der Waals surface area (Å²) in [6.07, 6.45) is 0.674. The molecule has 1 aliphatic heterocycles. The first-order chi connectivity index (χ1) is 8.38. The van der Waals surface area contributed by atoms with Crippen LogP contribution in [0.15, 0.2) is 24.3 Å². The van der Waals surface area contributed by atoms with Crippen LogP contribution >= 0.6 is 0 Å². The Balaban J connectivity index is 2.54. The van der Waals surface area contributed by atoms with Gasteiger partial charge in [-0.15, -0.1) is 0 Å². The van der Waals surface area contributed by atoms with E-state index >= 15 is 0 Å². The van der Waals surface area contributed by atoms with Crippen LogP contribution < -0.4 is 10.1 Å². The minimum absolute atomic E-state index is 0.0489. The van der Waals surface area contributed by atoms with Crippen molar-refractivity contribution in [3.63, 3.8) is 0 Å². The summed E-state index contributed by atoms with van der Waals surface area (Å²) in [6.45, 7) is 3.97. The molecule has 1 aromatic carbocycles. The van der Waals surface area contributed by atoms with E-state index in [0.29, 0.717) is 6.42 Å². The van der Waals surface area contributed by atoms with E-state index < -0.39 is 11.5 Å². The van der Waals surface area contributed by atoms with Gasteiger partial charge in [0.25, 0.3) is 0 Å². The van der Waals surface area contributed by atoms with Gasteiger partial charge in [0.1, 0.15) is 11.4 Å². The van der Waals surface area contributed by atoms with E-state index in [2.05, 4.69) is 5.32 Å². The molecule has 0 amide bonds. The molecule has 18 heavy (non-hydrogen) atoms. The number of hydrogen-bond donors (Lipinski definition) is 2. The second kappa shape index (κ2) is 4.28. The van der Waals surface area contributed by atoms with Crippen LogP contribution in [0.3, 0.4) is 0 Å². The number of fused-ring (bicyclic) bond motifs is 1. The molecule has 0 radical (unpaired) electrons. The predicted octanol–water partition coefficient (Wildman–Crippen LogP) is 2.14. The van der Waals surface area contributed by atoms with E-state index in [1.165, 1.54) is 0 Å². The van der Waals surface area contributed by atoms with Crippen molar-refractivity contribution in [2.24, 2.45) is 0 Å². The van der Waals surface area contributed by atoms with E-state index in [1.54, 1.807) is 7.05 Å². The molecule has 4 heteroatoms. The summed E-state index contributed by atoms with van der Waals surface area (Å²) in [4.78, 5) is 11.2. The highest BCUT2D eigenvalue weighted by molar-refractivity contribution is 5.69. The standard InChI is InChI=1S/C14H19NO3/c1-13(2)9-14(15-3,8-12(16)17)10-6-4-5-7-11(10)18-13/h4-7,15H,8-9H2,1-3H3,(H,16,17). The third-order valence-electron chi connectivity index (χ3n) is 3.45. The number of hydrogen-bond acceptors (Lipinski definition) is 3. The van der Waals surface area contributed by atoms with Crippen LogP contribution in [-0.4, -0.2) is 23.7 Å². The summed E-state index contributed by atoms with van der Waals surface area (Å²) < 4.78 is 5.93. The maximum absolute atomic E-state index is 11.2. The number of aliphatic carboxylic acids is 1. The first kappa shape index (κ1) is 12.9. The van der Waals surface area contributed by atoms with Crippen molar-refractivity contribution in [2.45, 2.75) is 37.8 Å². The molecule has 0 bridgehead atoms. The molecule has 0 saturated heterocycles. The highest BCUT2D eigenvalue weighted by atomic mass is 16.5. The van der Waals surface area contributed by atoms with Crippen LogP contribution in [0.4, 0.5) is 0 Å². The molecule has 0 saturated carbocycles. The normalized spacial score (nSPS) is 25.1. The average Bonchev–Trinajstić information content (AvgIpc) is 2.26. The fourth-order valence-electron chi connectivity index (χ4n) is 2.83. The summed E-state index contributed by atoms with van der Waals surface area (Å²) in [5.74, 6) is -0.0406. The van der Waals surface area contributed by atoms with Gasteiger partial charge >= 0.3 is 5.97 Å². The number of carboxylic acids is 1. The van der Waals surface area contributed by atoms with Gasteiger partial charge in [0, 0.05) is 12.0 Å². The fraction of sp³-hybridized carbons (Fsp3) is 0.500. The van der Waals surface area contributed by atoms with Crippen LogP contribution in [0.1, 0.15) is 32.3 Å². The first-order valence-corrected chi connectivity index (χ1v) is 6.08. The zero-order valence-corrected chi connectivity index (χ0v) is 11.0. The molecule has 98 valence electrons. The molecule has 2 N–H and O–H groups in total. The molecule has 1 aromatic rings. The van der Waals surface area contributed by atoms with E-state index in [-0.39, 0.29) is 12.0 Å². The summed E-state index contributed by atoms with van der Waals surface area (Å²) in [5.41, 5.74) is -0.0222. The lowest BCUT2D eigenvalue weighted by Crippen LogP contribution is -2.52. The molecule has 0 fully saturated rings. The molecular formula is C14H19NO3. The highest BCUT2D eigenvalue weighted by Crippen LogP contribution is 2.44. The van der Waals surface area contributed by atoms with Crippen molar-refractivity contribution < 1.29 is 14.6 Å². The maximum Gasteiger partial charge on any atom is 0.305 e. The van der Waals surface area contributed by atoms with Crippen LogP contribution in [0, 0.1) is 0 Å². The average molecular weight is 249 g/mol. The molecule has 0 aromatic heterocycles. The number of benzene rings is 1. The van der Waals surface area contributed by atoms with Crippen molar-refractivity contribution >= 4 is 5.97 Å². The number of ether oxygens (including phenoxy) is 1. The van der Waals surface area contributed by atoms with Gasteiger partial charge in [0.15, 0.2) is 0 Å². The molecular weight excluding hydrogens is 230 g/mol. The van der Waals surface area contributed by atoms with Crippen molar-refractivity contribution in [2.75, 3.05) is 7.05 Å². The third kappa shape index (κ3) is 2.20. The summed E-state index contributed by atoms with van der Waals surface area (Å²) in [7, 11) is 1.81. The fourth-order valence-corrected chi connectivity index (χ4v) is 2.83. The smallest absolute Gasteiger partial charge is 0.305 e. The van der Waals surface area contributed by atoms with Gasteiger partial charge in [-0.05, 0) is 27.0 Å². The summed E-state index contributed by atoms with van der Waals surface area (Å²) in [6, 6.07) is 7.64. The number of carbonyl (C=O) groups is 1. The lowest BCUT2D eigenvalue weighted by molar-refractivity contribution is -0.139. The monoisotopic (exact) mass is 249 g/mol. The van der Waals surface area contributed by atoms with E-state index in [0.717, 1.165) is 11.3 Å². The molecule has 1 atom stereocenters. The van der Waals surface area contributed by atoms with E-state index in [4.69, 9.17) is 4.74 Å². The van der Waals surface area contributed by atoms with Crippen molar-refractivity contribution in [1.29, 1.82) is 0 Å². The van der Waals surface area contributed by atoms with Crippen LogP contribution in [-0.2, 0) is 10.3 Å². The highest BCUT2D eigenvalue weighted by Gasteiger charge is 2.45. The number of para-hydroxylation sites is 1. The van der Waals surface area contributed by atoms with Crippen LogP contribution in [0.25, 0.3) is 0 Å². The van der Waals surface area contributed by atoms with Crippen molar-refractivity contribution in [3.8, 4) is 5.75 Å². The quantitative estimate of drug-likeness (QED) is 0.861. The molecule has 0 spiro atoms. The summed E-state index contributed by atoms with van der Waals surface area (Å²) in [5, 5.41) is 12.4. The Labute approximate surface area is 107 Å². The maximum atomic E-state index is 11.2. The number of nitrogens with one attached hydrogen (secondary N) is 1. The van der Waals surface area contributed by atoms with E-state index in [9.17, 15) is 9.90 Å². The topological polar surface area (TPSA) is 58.6 Å². The van der Waals surface area contributed by atoms with Crippen molar-refractivity contribution in [1.82, 2.24) is 5.32 Å². The van der Waals surface area contributed by atoms with Gasteiger partial charge in [0.2, 0.25) is 0 Å². The zero-order chi connectivity index (χ0) is 13.4. The van der Waals surface area contributed by atoms with Gasteiger partial charge in [-0.1, -0.05) is 18.2 Å². The molecule has 1 aliphatic rings. The Hall–Kier alpha value is -1.55. The molecule has 1 heterocycles.